The highest BCUT2D eigenvalue weighted by Crippen LogP contribution is 2.23. The zero-order valence-corrected chi connectivity index (χ0v) is 12.0. The predicted molar refractivity (Wildman–Crippen MR) is 74.9 cm³/mol. The highest BCUT2D eigenvalue weighted by Gasteiger charge is 2.18. The normalized spacial score (nSPS) is 11.1. The van der Waals surface area contributed by atoms with E-state index in [9.17, 15) is 14.0 Å². The van der Waals surface area contributed by atoms with Gasteiger partial charge in [0.25, 0.3) is 0 Å². The first-order valence-corrected chi connectivity index (χ1v) is 6.36. The smallest absolute Gasteiger partial charge is 0.343 e. The number of fused-ring (bicyclic) bond motifs is 1. The Kier molecular flexibility index (Phi) is 3.81. The molecule has 0 atom stereocenters. The Morgan fingerprint density at radius 2 is 2.05 bits per heavy atom. The highest BCUT2D eigenvalue weighted by molar-refractivity contribution is 6.31. The largest absolute Gasteiger partial charge is 0.465 e. The van der Waals surface area contributed by atoms with Crippen molar-refractivity contribution in [2.75, 3.05) is 7.11 Å². The lowest BCUT2D eigenvalue weighted by Crippen LogP contribution is -2.21. The third-order valence-electron chi connectivity index (χ3n) is 3.04. The van der Waals surface area contributed by atoms with Gasteiger partial charge in [-0.3, -0.25) is 4.79 Å². The van der Waals surface area contributed by atoms with Crippen molar-refractivity contribution in [1.29, 1.82) is 0 Å². The number of aromatic nitrogens is 1. The topological polar surface area (TPSA) is 48.3 Å². The minimum atomic E-state index is -0.748. The second kappa shape index (κ2) is 5.25. The number of hydrogen-bond donors (Lipinski definition) is 0. The van der Waals surface area contributed by atoms with E-state index in [-0.39, 0.29) is 22.0 Å². The monoisotopic (exact) mass is 297 g/mol. The van der Waals surface area contributed by atoms with Crippen LogP contribution in [0.2, 0.25) is 5.02 Å². The third-order valence-corrected chi connectivity index (χ3v) is 3.33. The van der Waals surface area contributed by atoms with Crippen LogP contribution in [0, 0.1) is 5.82 Å². The lowest BCUT2D eigenvalue weighted by atomic mass is 10.1. The Bertz CT molecular complexity index is 752. The van der Waals surface area contributed by atoms with Crippen molar-refractivity contribution < 1.29 is 13.9 Å². The summed E-state index contributed by atoms with van der Waals surface area (Å²) < 4.78 is 19.9. The Balaban J connectivity index is 2.95. The molecule has 0 fully saturated rings. The van der Waals surface area contributed by atoms with Gasteiger partial charge in [-0.1, -0.05) is 11.6 Å². The van der Waals surface area contributed by atoms with E-state index in [1.807, 2.05) is 13.8 Å². The number of nitrogens with zero attached hydrogens (tertiary/aromatic N) is 1. The maximum Gasteiger partial charge on any atom is 0.343 e. The molecule has 1 heterocycles. The molecule has 0 saturated heterocycles. The van der Waals surface area contributed by atoms with Crippen LogP contribution < -0.4 is 5.43 Å². The molecule has 1 aromatic heterocycles. The Labute approximate surface area is 119 Å². The lowest BCUT2D eigenvalue weighted by molar-refractivity contribution is 0.0598. The minimum absolute atomic E-state index is 0.0389. The first-order valence-electron chi connectivity index (χ1n) is 5.99. The summed E-state index contributed by atoms with van der Waals surface area (Å²) >= 11 is 5.76. The van der Waals surface area contributed by atoms with Crippen LogP contribution >= 0.6 is 11.6 Å². The van der Waals surface area contributed by atoms with Crippen LogP contribution in [0.1, 0.15) is 30.2 Å². The van der Waals surface area contributed by atoms with Gasteiger partial charge in [-0.2, -0.15) is 0 Å². The van der Waals surface area contributed by atoms with Crippen LogP contribution in [0.5, 0.6) is 0 Å². The quantitative estimate of drug-likeness (QED) is 0.800. The average Bonchev–Trinajstić information content (AvgIpc) is 2.40. The summed E-state index contributed by atoms with van der Waals surface area (Å²) in [6.45, 7) is 3.75. The number of carbonyl (C=O) groups is 1. The zero-order valence-electron chi connectivity index (χ0n) is 11.2. The van der Waals surface area contributed by atoms with Gasteiger partial charge in [-0.25, -0.2) is 9.18 Å². The van der Waals surface area contributed by atoms with E-state index in [0.717, 1.165) is 6.07 Å². The van der Waals surface area contributed by atoms with Gasteiger partial charge in [0, 0.05) is 17.6 Å². The molecule has 0 radical (unpaired) electrons. The van der Waals surface area contributed by atoms with Crippen LogP contribution in [0.15, 0.2) is 23.1 Å². The number of hydrogen-bond acceptors (Lipinski definition) is 3. The molecule has 0 aliphatic heterocycles. The number of rotatable bonds is 2. The zero-order chi connectivity index (χ0) is 15.0. The maximum absolute atomic E-state index is 13.6. The molecule has 6 heteroatoms. The van der Waals surface area contributed by atoms with Gasteiger partial charge in [0.2, 0.25) is 5.43 Å². The van der Waals surface area contributed by atoms with Gasteiger partial charge >= 0.3 is 5.97 Å². The first-order chi connectivity index (χ1) is 9.36. The number of methoxy groups -OCH3 is 1. The van der Waals surface area contributed by atoms with Crippen LogP contribution in [-0.2, 0) is 4.74 Å². The summed E-state index contributed by atoms with van der Waals surface area (Å²) in [7, 11) is 1.19. The third kappa shape index (κ3) is 2.29. The molecule has 106 valence electrons. The van der Waals surface area contributed by atoms with Crippen molar-refractivity contribution in [2.24, 2.45) is 0 Å². The summed E-state index contributed by atoms with van der Waals surface area (Å²) in [5, 5.41) is 0.0284. The van der Waals surface area contributed by atoms with Crippen molar-refractivity contribution in [3.63, 3.8) is 0 Å². The Hall–Kier alpha value is -1.88. The van der Waals surface area contributed by atoms with E-state index in [2.05, 4.69) is 4.74 Å². The Morgan fingerprint density at radius 1 is 1.40 bits per heavy atom. The Morgan fingerprint density at radius 3 is 2.60 bits per heavy atom. The number of carbonyl (C=O) groups excluding carboxylic acids is 1. The van der Waals surface area contributed by atoms with Crippen LogP contribution in [0.4, 0.5) is 4.39 Å². The molecule has 2 aromatic rings. The fourth-order valence-corrected chi connectivity index (χ4v) is 2.18. The molecule has 0 aliphatic rings. The van der Waals surface area contributed by atoms with E-state index in [0.29, 0.717) is 5.52 Å². The van der Waals surface area contributed by atoms with Gasteiger partial charge in [0.15, 0.2) is 0 Å². The van der Waals surface area contributed by atoms with Crippen molar-refractivity contribution in [1.82, 2.24) is 4.57 Å². The fraction of sp³-hybridized carbons (Fsp3) is 0.286. The molecule has 0 unspecified atom stereocenters. The SMILES string of the molecule is COC(=O)c1cn(C(C)C)c2cc(Cl)c(F)cc2c1=O. The second-order valence-corrected chi connectivity index (χ2v) is 5.06. The molecule has 4 nitrogen and oxygen atoms in total. The molecular weight excluding hydrogens is 285 g/mol. The summed E-state index contributed by atoms with van der Waals surface area (Å²) in [6.07, 6.45) is 1.41. The molecule has 0 aliphatic carbocycles. The average molecular weight is 298 g/mol. The van der Waals surface area contributed by atoms with Crippen molar-refractivity contribution in [3.8, 4) is 0 Å². The van der Waals surface area contributed by atoms with E-state index >= 15 is 0 Å². The molecule has 2 rings (SSSR count). The second-order valence-electron chi connectivity index (χ2n) is 4.65. The van der Waals surface area contributed by atoms with Crippen molar-refractivity contribution >= 4 is 28.5 Å². The maximum atomic E-state index is 13.6. The molecular formula is C14H13ClFNO3. The number of benzene rings is 1. The first kappa shape index (κ1) is 14.5. The number of esters is 1. The van der Waals surface area contributed by atoms with Gasteiger partial charge in [-0.15, -0.1) is 0 Å². The molecule has 1 aromatic carbocycles. The summed E-state index contributed by atoms with van der Waals surface area (Å²) in [4.78, 5) is 23.9. The van der Waals surface area contributed by atoms with E-state index in [1.165, 1.54) is 19.4 Å². The van der Waals surface area contributed by atoms with Gasteiger partial charge in [0.05, 0.1) is 17.6 Å². The summed E-state index contributed by atoms with van der Waals surface area (Å²) in [5.74, 6) is -1.45. The van der Waals surface area contributed by atoms with Crippen LogP contribution in [-0.4, -0.2) is 17.6 Å². The molecule has 20 heavy (non-hydrogen) atoms. The summed E-state index contributed by atoms with van der Waals surface area (Å²) in [5.41, 5.74) is -0.223. The van der Waals surface area contributed by atoms with E-state index < -0.39 is 17.2 Å². The number of pyridine rings is 1. The predicted octanol–water partition coefficient (Wildman–Crippen LogP) is 3.16. The van der Waals surface area contributed by atoms with Gasteiger partial charge < -0.3 is 9.30 Å². The summed E-state index contributed by atoms with van der Waals surface area (Å²) in [6, 6.07) is 2.39. The molecule has 0 spiro atoms. The number of halogens is 2. The van der Waals surface area contributed by atoms with Gasteiger partial charge in [-0.05, 0) is 26.0 Å². The highest BCUT2D eigenvalue weighted by atomic mass is 35.5. The van der Waals surface area contributed by atoms with Crippen molar-refractivity contribution in [3.05, 3.63) is 45.0 Å². The number of ether oxygens (including phenoxy) is 1. The molecule has 0 saturated carbocycles. The van der Waals surface area contributed by atoms with E-state index in [4.69, 9.17) is 11.6 Å². The standard InChI is InChI=1S/C14H13ClFNO3/c1-7(2)17-6-9(14(19)20-3)13(18)8-4-11(16)10(15)5-12(8)17/h4-7H,1-3H3. The molecule has 0 bridgehead atoms. The minimum Gasteiger partial charge on any atom is -0.465 e. The van der Waals surface area contributed by atoms with Crippen LogP contribution in [0.3, 0.4) is 0 Å². The van der Waals surface area contributed by atoms with Crippen LogP contribution in [0.25, 0.3) is 10.9 Å². The lowest BCUT2D eigenvalue weighted by Gasteiger charge is -2.16. The molecule has 0 amide bonds. The van der Waals surface area contributed by atoms with E-state index in [1.54, 1.807) is 4.57 Å². The van der Waals surface area contributed by atoms with Crippen molar-refractivity contribution in [2.45, 2.75) is 19.9 Å². The molecule has 0 N–H and O–H groups in total. The fourth-order valence-electron chi connectivity index (χ4n) is 2.03. The van der Waals surface area contributed by atoms with Gasteiger partial charge in [0.1, 0.15) is 11.4 Å².